The molecule has 0 aliphatic carbocycles. The number of alkyl halides is 6. The molecule has 0 fully saturated rings. The molecule has 0 heterocycles. The number of hydrogen-bond acceptors (Lipinski definition) is 5. The van der Waals surface area contributed by atoms with Gasteiger partial charge in [-0.1, -0.05) is 10.8 Å². The molecule has 0 saturated carbocycles. The topological polar surface area (TPSA) is 69.2 Å². The number of nitrogen functional groups attached to an aromatic ring is 1. The van der Waals surface area contributed by atoms with Crippen molar-refractivity contribution in [3.63, 3.8) is 0 Å². The van der Waals surface area contributed by atoms with Crippen LogP contribution >= 0.6 is 21.6 Å². The van der Waals surface area contributed by atoms with Crippen LogP contribution in [-0.4, -0.2) is 4.92 Å². The molecular formula is C14H8F6N2O2S2. The Morgan fingerprint density at radius 1 is 0.846 bits per heavy atom. The molecule has 26 heavy (non-hydrogen) atoms. The Balaban J connectivity index is 2.26. The highest BCUT2D eigenvalue weighted by atomic mass is 33.1. The third-order valence-corrected chi connectivity index (χ3v) is 5.53. The molecule has 0 aliphatic rings. The van der Waals surface area contributed by atoms with Gasteiger partial charge in [0.2, 0.25) is 0 Å². The van der Waals surface area contributed by atoms with Crippen LogP contribution in [0.4, 0.5) is 37.7 Å². The third kappa shape index (κ3) is 4.75. The van der Waals surface area contributed by atoms with E-state index in [-0.39, 0.29) is 15.5 Å². The quantitative estimate of drug-likeness (QED) is 0.218. The number of nitrogens with two attached hydrogens (primary N) is 1. The summed E-state index contributed by atoms with van der Waals surface area (Å²) in [6.07, 6.45) is -9.31. The Morgan fingerprint density at radius 2 is 1.31 bits per heavy atom. The normalized spacial score (nSPS) is 12.2. The highest BCUT2D eigenvalue weighted by molar-refractivity contribution is 8.76. The van der Waals surface area contributed by atoms with Gasteiger partial charge in [-0.3, -0.25) is 10.1 Å². The fourth-order valence-electron chi connectivity index (χ4n) is 1.80. The molecule has 4 nitrogen and oxygen atoms in total. The fraction of sp³-hybridized carbons (Fsp3) is 0.143. The second kappa shape index (κ2) is 7.27. The number of nitro groups is 1. The lowest BCUT2D eigenvalue weighted by Crippen LogP contribution is -2.06. The van der Waals surface area contributed by atoms with E-state index in [1.807, 2.05) is 0 Å². The average molecular weight is 414 g/mol. The van der Waals surface area contributed by atoms with Gasteiger partial charge >= 0.3 is 12.4 Å². The maximum absolute atomic E-state index is 12.7. The zero-order chi connectivity index (χ0) is 19.7. The summed E-state index contributed by atoms with van der Waals surface area (Å²) in [6.45, 7) is 0. The van der Waals surface area contributed by atoms with Crippen molar-refractivity contribution in [2.45, 2.75) is 22.1 Å². The molecule has 12 heteroatoms. The largest absolute Gasteiger partial charge is 0.416 e. The summed E-state index contributed by atoms with van der Waals surface area (Å²) in [7, 11) is 1.52. The minimum Gasteiger partial charge on any atom is -0.398 e. The van der Waals surface area contributed by atoms with Crippen molar-refractivity contribution in [2.24, 2.45) is 0 Å². The van der Waals surface area contributed by atoms with Crippen molar-refractivity contribution >= 4 is 33.0 Å². The number of hydrogen-bond donors (Lipinski definition) is 1. The first-order valence-corrected chi connectivity index (χ1v) is 8.71. The molecule has 0 bridgehead atoms. The summed E-state index contributed by atoms with van der Waals surface area (Å²) in [5, 5.41) is 11.0. The Labute approximate surface area is 150 Å². The maximum atomic E-state index is 12.7. The summed E-state index contributed by atoms with van der Waals surface area (Å²) in [6, 6.07) is 4.61. The van der Waals surface area contributed by atoms with E-state index in [2.05, 4.69) is 0 Å². The molecule has 0 spiro atoms. The first-order chi connectivity index (χ1) is 11.9. The van der Waals surface area contributed by atoms with Gasteiger partial charge in [0.15, 0.2) is 0 Å². The molecule has 2 aromatic carbocycles. The fourth-order valence-corrected chi connectivity index (χ4v) is 4.01. The van der Waals surface area contributed by atoms with Crippen LogP contribution < -0.4 is 5.73 Å². The Bertz CT molecular complexity index is 839. The van der Waals surface area contributed by atoms with Gasteiger partial charge in [-0.15, -0.1) is 0 Å². The molecule has 0 saturated heterocycles. The Kier molecular flexibility index (Phi) is 5.66. The van der Waals surface area contributed by atoms with Crippen molar-refractivity contribution in [1.29, 1.82) is 0 Å². The zero-order valence-electron chi connectivity index (χ0n) is 12.4. The molecule has 2 aromatic rings. The molecule has 0 radical (unpaired) electrons. The zero-order valence-corrected chi connectivity index (χ0v) is 14.0. The highest BCUT2D eigenvalue weighted by Crippen LogP contribution is 2.45. The predicted octanol–water partition coefficient (Wildman–Crippen LogP) is 6.01. The summed E-state index contributed by atoms with van der Waals surface area (Å²) in [5.41, 5.74) is 2.45. The standard InChI is InChI=1S/C14H8F6N2O2S2/c15-13(16,17)7-1-3-11(9(21)5-7)25-26-12-4-2-8(14(18,19)20)6-10(12)22(23)24/h1-6H,21H2. The number of benzene rings is 2. The average Bonchev–Trinajstić information content (AvgIpc) is 2.51. The second-order valence-corrected chi connectivity index (χ2v) is 7.07. The Morgan fingerprint density at radius 3 is 1.77 bits per heavy atom. The molecule has 0 atom stereocenters. The smallest absolute Gasteiger partial charge is 0.398 e. The van der Waals surface area contributed by atoms with Crippen LogP contribution in [0.1, 0.15) is 11.1 Å². The Hall–Kier alpha value is -2.08. The number of anilines is 1. The van der Waals surface area contributed by atoms with Crippen LogP contribution in [0.2, 0.25) is 0 Å². The molecule has 0 unspecified atom stereocenters. The van der Waals surface area contributed by atoms with Crippen LogP contribution in [0.5, 0.6) is 0 Å². The monoisotopic (exact) mass is 414 g/mol. The summed E-state index contributed by atoms with van der Waals surface area (Å²) < 4.78 is 75.7. The predicted molar refractivity (Wildman–Crippen MR) is 85.7 cm³/mol. The van der Waals surface area contributed by atoms with Crippen molar-refractivity contribution in [1.82, 2.24) is 0 Å². The molecule has 140 valence electrons. The van der Waals surface area contributed by atoms with E-state index in [9.17, 15) is 36.5 Å². The highest BCUT2D eigenvalue weighted by Gasteiger charge is 2.33. The first-order valence-electron chi connectivity index (χ1n) is 6.56. The van der Waals surface area contributed by atoms with E-state index in [4.69, 9.17) is 5.73 Å². The first kappa shape index (κ1) is 20.2. The third-order valence-electron chi connectivity index (χ3n) is 3.04. The number of nitrogens with zero attached hydrogens (tertiary/aromatic N) is 1. The van der Waals surface area contributed by atoms with Crippen LogP contribution in [0.15, 0.2) is 46.2 Å². The SMILES string of the molecule is Nc1cc(C(F)(F)F)ccc1SSc1ccc(C(F)(F)F)cc1[N+](=O)[O-]. The summed E-state index contributed by atoms with van der Waals surface area (Å²) >= 11 is 0. The van der Waals surface area contributed by atoms with Crippen LogP contribution in [-0.2, 0) is 12.4 Å². The number of nitro benzene ring substituents is 1. The maximum Gasteiger partial charge on any atom is 0.416 e. The van der Waals surface area contributed by atoms with E-state index >= 15 is 0 Å². The minimum absolute atomic E-state index is 0.0905. The summed E-state index contributed by atoms with van der Waals surface area (Å²) in [5.74, 6) is 0. The van der Waals surface area contributed by atoms with Gasteiger partial charge in [-0.25, -0.2) is 0 Å². The summed E-state index contributed by atoms with van der Waals surface area (Å²) in [4.78, 5) is 10.1. The van der Waals surface area contributed by atoms with Crippen molar-refractivity contribution in [3.05, 3.63) is 57.6 Å². The van der Waals surface area contributed by atoms with Gasteiger partial charge < -0.3 is 5.73 Å². The van der Waals surface area contributed by atoms with Gasteiger partial charge in [0, 0.05) is 16.6 Å². The van der Waals surface area contributed by atoms with E-state index in [0.29, 0.717) is 18.2 Å². The van der Waals surface area contributed by atoms with Gasteiger partial charge in [-0.05, 0) is 41.1 Å². The van der Waals surface area contributed by atoms with Gasteiger partial charge in [0.05, 0.1) is 20.9 Å². The van der Waals surface area contributed by atoms with Gasteiger partial charge in [0.25, 0.3) is 5.69 Å². The van der Waals surface area contributed by atoms with E-state index in [1.54, 1.807) is 0 Å². The van der Waals surface area contributed by atoms with Crippen molar-refractivity contribution < 1.29 is 31.3 Å². The second-order valence-electron chi connectivity index (χ2n) is 4.85. The van der Waals surface area contributed by atoms with Crippen LogP contribution in [0.3, 0.4) is 0 Å². The van der Waals surface area contributed by atoms with Crippen LogP contribution in [0, 0.1) is 10.1 Å². The van der Waals surface area contributed by atoms with Crippen LogP contribution in [0.25, 0.3) is 0 Å². The lowest BCUT2D eigenvalue weighted by molar-refractivity contribution is -0.388. The van der Waals surface area contributed by atoms with E-state index < -0.39 is 34.1 Å². The van der Waals surface area contributed by atoms with Gasteiger partial charge in [-0.2, -0.15) is 26.3 Å². The lowest BCUT2D eigenvalue weighted by Gasteiger charge is -2.11. The lowest BCUT2D eigenvalue weighted by atomic mass is 10.2. The van der Waals surface area contributed by atoms with Crippen molar-refractivity contribution in [3.8, 4) is 0 Å². The molecule has 0 aliphatic heterocycles. The molecular weight excluding hydrogens is 406 g/mol. The number of rotatable bonds is 4. The van der Waals surface area contributed by atoms with Crippen molar-refractivity contribution in [2.75, 3.05) is 5.73 Å². The molecule has 2 N–H and O–H groups in total. The number of halogens is 6. The van der Waals surface area contributed by atoms with Gasteiger partial charge in [0.1, 0.15) is 0 Å². The molecule has 0 amide bonds. The molecule has 0 aromatic heterocycles. The van der Waals surface area contributed by atoms with E-state index in [0.717, 1.165) is 39.8 Å². The minimum atomic E-state index is -4.74. The van der Waals surface area contributed by atoms with E-state index in [1.165, 1.54) is 0 Å². The molecule has 2 rings (SSSR count).